The standard InChI is InChI=1S/C23H28N4O2S/c1-23(2,3)19-8-4-5-9-20(19)29-14-18(28)15-30-22-26-25-21(27(22)17-10-11-17)16-7-6-12-24-13-16/h4-9,12-13,17-18,28H,10-11,14-15H2,1-3H3. The maximum absolute atomic E-state index is 10.5. The molecule has 30 heavy (non-hydrogen) atoms. The largest absolute Gasteiger partial charge is 0.491 e. The lowest BCUT2D eigenvalue weighted by molar-refractivity contribution is 0.125. The monoisotopic (exact) mass is 424 g/mol. The van der Waals surface area contributed by atoms with Gasteiger partial charge in [0, 0.05) is 29.8 Å². The molecule has 1 atom stereocenters. The van der Waals surface area contributed by atoms with Crippen LogP contribution in [0.4, 0.5) is 0 Å². The van der Waals surface area contributed by atoms with E-state index in [2.05, 4.69) is 46.6 Å². The molecule has 4 rings (SSSR count). The summed E-state index contributed by atoms with van der Waals surface area (Å²) in [6.07, 6.45) is 5.23. The summed E-state index contributed by atoms with van der Waals surface area (Å²) in [5.74, 6) is 2.17. The van der Waals surface area contributed by atoms with E-state index >= 15 is 0 Å². The minimum atomic E-state index is -0.603. The predicted molar refractivity (Wildman–Crippen MR) is 119 cm³/mol. The van der Waals surface area contributed by atoms with Crippen LogP contribution < -0.4 is 4.74 Å². The van der Waals surface area contributed by atoms with E-state index in [9.17, 15) is 5.11 Å². The third-order valence-corrected chi connectivity index (χ3v) is 6.12. The van der Waals surface area contributed by atoms with Gasteiger partial charge < -0.3 is 9.84 Å². The SMILES string of the molecule is CC(C)(C)c1ccccc1OCC(O)CSc1nnc(-c2cccnc2)n1C1CC1. The molecule has 158 valence electrons. The van der Waals surface area contributed by atoms with Crippen LogP contribution in [0, 0.1) is 0 Å². The number of hydrogen-bond donors (Lipinski definition) is 1. The number of pyridine rings is 1. The van der Waals surface area contributed by atoms with E-state index in [1.807, 2.05) is 36.5 Å². The summed E-state index contributed by atoms with van der Waals surface area (Å²) in [6, 6.07) is 12.4. The maximum atomic E-state index is 10.5. The molecular weight excluding hydrogens is 396 g/mol. The first-order valence-electron chi connectivity index (χ1n) is 10.3. The summed E-state index contributed by atoms with van der Waals surface area (Å²) in [5.41, 5.74) is 2.09. The van der Waals surface area contributed by atoms with E-state index in [0.717, 1.165) is 40.7 Å². The second kappa shape index (κ2) is 8.78. The summed E-state index contributed by atoms with van der Waals surface area (Å²) in [4.78, 5) is 4.20. The van der Waals surface area contributed by atoms with Gasteiger partial charge in [0.05, 0.1) is 6.10 Å². The molecule has 1 N–H and O–H groups in total. The molecule has 6 nitrogen and oxygen atoms in total. The molecule has 1 fully saturated rings. The Morgan fingerprint density at radius 2 is 1.97 bits per heavy atom. The number of rotatable bonds is 8. The zero-order chi connectivity index (χ0) is 21.1. The van der Waals surface area contributed by atoms with E-state index in [0.29, 0.717) is 11.8 Å². The smallest absolute Gasteiger partial charge is 0.191 e. The van der Waals surface area contributed by atoms with Gasteiger partial charge in [-0.3, -0.25) is 9.55 Å². The second-order valence-corrected chi connectivity index (χ2v) is 9.66. The Morgan fingerprint density at radius 1 is 1.17 bits per heavy atom. The molecule has 0 spiro atoms. The molecule has 2 heterocycles. The lowest BCUT2D eigenvalue weighted by Gasteiger charge is -2.23. The van der Waals surface area contributed by atoms with Crippen LogP contribution in [0.2, 0.25) is 0 Å². The summed E-state index contributed by atoms with van der Waals surface area (Å²) < 4.78 is 8.15. The Morgan fingerprint density at radius 3 is 2.67 bits per heavy atom. The zero-order valence-electron chi connectivity index (χ0n) is 17.7. The second-order valence-electron chi connectivity index (χ2n) is 8.67. The molecule has 0 saturated heterocycles. The molecule has 3 aromatic rings. The van der Waals surface area contributed by atoms with Crippen molar-refractivity contribution in [2.24, 2.45) is 0 Å². The van der Waals surface area contributed by atoms with Crippen LogP contribution in [0.1, 0.15) is 45.2 Å². The van der Waals surface area contributed by atoms with Crippen molar-refractivity contribution in [2.45, 2.75) is 56.3 Å². The number of aliphatic hydroxyl groups is 1. The molecule has 7 heteroatoms. The molecule has 2 aromatic heterocycles. The highest BCUT2D eigenvalue weighted by Crippen LogP contribution is 2.41. The number of nitrogens with zero attached hydrogens (tertiary/aromatic N) is 4. The van der Waals surface area contributed by atoms with Crippen molar-refractivity contribution in [3.63, 3.8) is 0 Å². The summed E-state index contributed by atoms with van der Waals surface area (Å²) >= 11 is 1.52. The van der Waals surface area contributed by atoms with Gasteiger partial charge in [0.1, 0.15) is 12.4 Å². The van der Waals surface area contributed by atoms with Crippen molar-refractivity contribution in [2.75, 3.05) is 12.4 Å². The van der Waals surface area contributed by atoms with Crippen LogP contribution in [0.15, 0.2) is 53.9 Å². The van der Waals surface area contributed by atoms with E-state index in [1.165, 1.54) is 11.8 Å². The lowest BCUT2D eigenvalue weighted by Crippen LogP contribution is -2.22. The number of aromatic nitrogens is 4. The van der Waals surface area contributed by atoms with Gasteiger partial charge in [0.25, 0.3) is 0 Å². The Bertz CT molecular complexity index is 980. The third-order valence-electron chi connectivity index (χ3n) is 5.03. The van der Waals surface area contributed by atoms with Crippen LogP contribution in [0.5, 0.6) is 5.75 Å². The van der Waals surface area contributed by atoms with Gasteiger partial charge in [-0.05, 0) is 42.0 Å². The van der Waals surface area contributed by atoms with Crippen LogP contribution in [0.3, 0.4) is 0 Å². The lowest BCUT2D eigenvalue weighted by atomic mass is 9.86. The van der Waals surface area contributed by atoms with Gasteiger partial charge in [0.2, 0.25) is 0 Å². The molecule has 0 amide bonds. The average Bonchev–Trinajstić information content (AvgIpc) is 3.49. The zero-order valence-corrected chi connectivity index (χ0v) is 18.5. The third kappa shape index (κ3) is 4.84. The highest BCUT2D eigenvalue weighted by Gasteiger charge is 2.30. The number of hydrogen-bond acceptors (Lipinski definition) is 6. The van der Waals surface area contributed by atoms with E-state index in [4.69, 9.17) is 4.74 Å². The van der Waals surface area contributed by atoms with Crippen molar-refractivity contribution >= 4 is 11.8 Å². The molecule has 1 saturated carbocycles. The normalized spacial score (nSPS) is 15.2. The van der Waals surface area contributed by atoms with Crippen molar-refractivity contribution in [3.8, 4) is 17.1 Å². The average molecular weight is 425 g/mol. The Hall–Kier alpha value is -2.38. The maximum Gasteiger partial charge on any atom is 0.191 e. The van der Waals surface area contributed by atoms with Crippen LogP contribution >= 0.6 is 11.8 Å². The molecule has 1 aromatic carbocycles. The van der Waals surface area contributed by atoms with Crippen molar-refractivity contribution in [3.05, 3.63) is 54.4 Å². The van der Waals surface area contributed by atoms with E-state index in [-0.39, 0.29) is 12.0 Å². The molecular formula is C23H28N4O2S. The topological polar surface area (TPSA) is 73.1 Å². The molecule has 1 aliphatic carbocycles. The summed E-state index contributed by atoms with van der Waals surface area (Å²) in [5, 5.41) is 20.1. The molecule has 1 unspecified atom stereocenters. The molecule has 0 bridgehead atoms. The quantitative estimate of drug-likeness (QED) is 0.537. The summed E-state index contributed by atoms with van der Waals surface area (Å²) in [6.45, 7) is 6.72. The van der Waals surface area contributed by atoms with Gasteiger partial charge >= 0.3 is 0 Å². The minimum Gasteiger partial charge on any atom is -0.491 e. The highest BCUT2D eigenvalue weighted by atomic mass is 32.2. The first kappa shape index (κ1) is 20.9. The van der Waals surface area contributed by atoms with Crippen LogP contribution in [-0.2, 0) is 5.41 Å². The van der Waals surface area contributed by atoms with E-state index in [1.54, 1.807) is 6.20 Å². The van der Waals surface area contributed by atoms with Gasteiger partial charge in [-0.2, -0.15) is 0 Å². The number of para-hydroxylation sites is 1. The Kier molecular flexibility index (Phi) is 6.11. The van der Waals surface area contributed by atoms with E-state index < -0.39 is 6.10 Å². The van der Waals surface area contributed by atoms with Gasteiger partial charge in [-0.25, -0.2) is 0 Å². The Labute approximate surface area is 181 Å². The number of thioether (sulfide) groups is 1. The van der Waals surface area contributed by atoms with Gasteiger partial charge in [-0.1, -0.05) is 50.7 Å². The number of ether oxygens (including phenoxy) is 1. The minimum absolute atomic E-state index is 0.0142. The van der Waals surface area contributed by atoms with Crippen molar-refractivity contribution in [1.29, 1.82) is 0 Å². The fourth-order valence-corrected chi connectivity index (χ4v) is 4.26. The van der Waals surface area contributed by atoms with Crippen LogP contribution in [0.25, 0.3) is 11.4 Å². The molecule has 0 radical (unpaired) electrons. The predicted octanol–water partition coefficient (Wildman–Crippen LogP) is 4.50. The van der Waals surface area contributed by atoms with Crippen molar-refractivity contribution < 1.29 is 9.84 Å². The Balaban J connectivity index is 1.40. The number of benzene rings is 1. The first-order chi connectivity index (χ1) is 14.4. The molecule has 0 aliphatic heterocycles. The highest BCUT2D eigenvalue weighted by molar-refractivity contribution is 7.99. The van der Waals surface area contributed by atoms with Gasteiger partial charge in [0.15, 0.2) is 11.0 Å². The summed E-state index contributed by atoms with van der Waals surface area (Å²) in [7, 11) is 0. The fraction of sp³-hybridized carbons (Fsp3) is 0.435. The van der Waals surface area contributed by atoms with Gasteiger partial charge in [-0.15, -0.1) is 10.2 Å². The van der Waals surface area contributed by atoms with Crippen LogP contribution in [-0.4, -0.2) is 43.3 Å². The molecule has 1 aliphatic rings. The van der Waals surface area contributed by atoms with Crippen molar-refractivity contribution in [1.82, 2.24) is 19.7 Å². The fourth-order valence-electron chi connectivity index (χ4n) is 3.35. The first-order valence-corrected chi connectivity index (χ1v) is 11.3. The number of aliphatic hydroxyl groups excluding tert-OH is 1.